The Morgan fingerprint density at radius 1 is 0.302 bits per heavy atom. The highest BCUT2D eigenvalue weighted by Crippen LogP contribution is 2.40. The Hall–Kier alpha value is -8.61. The van der Waals surface area contributed by atoms with E-state index in [9.17, 15) is 0 Å². The third-order valence-electron chi connectivity index (χ3n) is 12.4. The highest BCUT2D eigenvalue weighted by atomic mass is 16.3. The third-order valence-corrected chi connectivity index (χ3v) is 12.4. The minimum atomic E-state index is 0.529. The highest BCUT2D eigenvalue weighted by Gasteiger charge is 2.23. The van der Waals surface area contributed by atoms with E-state index in [0.29, 0.717) is 17.6 Å². The molecule has 294 valence electrons. The lowest BCUT2D eigenvalue weighted by atomic mass is 10.0. The van der Waals surface area contributed by atoms with Gasteiger partial charge in [-0.1, -0.05) is 158 Å². The largest absolute Gasteiger partial charge is 0.456 e. The standard InChI is InChI=1S/C57H35N5O/c1-3-15-36(16-4-1)38-29-32-51(61-48-23-11-7-21-43(48)44-30-27-39(34-52(44)61)37-17-5-2-6-18-37)47(33-38)56-58-55(40-28-31-46-45-22-10-14-26-53(45)63-54(46)35-40)59-57(60-56)62-49-24-12-8-19-41(49)42-20-9-13-25-50(42)62/h1-35H. The summed E-state index contributed by atoms with van der Waals surface area (Å²) in [5.41, 5.74) is 13.0. The maximum absolute atomic E-state index is 6.42. The van der Waals surface area contributed by atoms with Gasteiger partial charge < -0.3 is 8.98 Å². The SMILES string of the molecule is c1ccc(-c2ccc(-n3c4ccccc4c4ccc(-c5ccccc5)cc43)c(-c3nc(-c4ccc5c(c4)oc4ccccc45)nc(-n4c5ccccc5c5ccccc54)n3)c2)cc1. The number of rotatable bonds is 6. The summed E-state index contributed by atoms with van der Waals surface area (Å²) >= 11 is 0. The fraction of sp³-hybridized carbons (Fsp3) is 0. The van der Waals surface area contributed by atoms with Gasteiger partial charge in [-0.3, -0.25) is 4.57 Å². The second kappa shape index (κ2) is 14.0. The Morgan fingerprint density at radius 3 is 1.48 bits per heavy atom. The average molecular weight is 806 g/mol. The van der Waals surface area contributed by atoms with Crippen molar-refractivity contribution in [2.24, 2.45) is 0 Å². The van der Waals surface area contributed by atoms with E-state index in [1.54, 1.807) is 0 Å². The second-order valence-corrected chi connectivity index (χ2v) is 16.0. The van der Waals surface area contributed by atoms with Crippen molar-refractivity contribution in [1.82, 2.24) is 24.1 Å². The number of benzene rings is 9. The zero-order chi connectivity index (χ0) is 41.4. The number of fused-ring (bicyclic) bond motifs is 9. The molecule has 9 aromatic carbocycles. The van der Waals surface area contributed by atoms with Crippen LogP contribution in [-0.4, -0.2) is 24.1 Å². The quantitative estimate of drug-likeness (QED) is 0.168. The molecule has 6 heteroatoms. The van der Waals surface area contributed by atoms with Gasteiger partial charge in [0, 0.05) is 43.4 Å². The van der Waals surface area contributed by atoms with Gasteiger partial charge in [-0.15, -0.1) is 0 Å². The monoisotopic (exact) mass is 805 g/mol. The lowest BCUT2D eigenvalue weighted by molar-refractivity contribution is 0.669. The lowest BCUT2D eigenvalue weighted by Gasteiger charge is -2.17. The molecular formula is C57H35N5O. The summed E-state index contributed by atoms with van der Waals surface area (Å²) in [5, 5.41) is 6.73. The van der Waals surface area contributed by atoms with Gasteiger partial charge in [0.2, 0.25) is 5.95 Å². The molecule has 0 radical (unpaired) electrons. The highest BCUT2D eigenvalue weighted by molar-refractivity contribution is 6.11. The van der Waals surface area contributed by atoms with E-state index in [2.05, 4.69) is 203 Å². The van der Waals surface area contributed by atoms with Crippen LogP contribution < -0.4 is 0 Å². The third kappa shape index (κ3) is 5.62. The van der Waals surface area contributed by atoms with Gasteiger partial charge in [-0.25, -0.2) is 4.98 Å². The predicted molar refractivity (Wildman–Crippen MR) is 258 cm³/mol. The minimum absolute atomic E-state index is 0.529. The molecule has 0 aliphatic heterocycles. The smallest absolute Gasteiger partial charge is 0.238 e. The number of hydrogen-bond donors (Lipinski definition) is 0. The lowest BCUT2D eigenvalue weighted by Crippen LogP contribution is -2.08. The van der Waals surface area contributed by atoms with Gasteiger partial charge in [0.05, 0.1) is 27.8 Å². The van der Waals surface area contributed by atoms with Crippen LogP contribution in [0, 0.1) is 0 Å². The summed E-state index contributed by atoms with van der Waals surface area (Å²) in [7, 11) is 0. The van der Waals surface area contributed by atoms with E-state index in [-0.39, 0.29) is 0 Å². The second-order valence-electron chi connectivity index (χ2n) is 16.0. The van der Waals surface area contributed by atoms with Gasteiger partial charge in [0.25, 0.3) is 0 Å². The Kier molecular flexibility index (Phi) is 7.80. The van der Waals surface area contributed by atoms with Crippen molar-refractivity contribution in [3.8, 4) is 56.7 Å². The summed E-state index contributed by atoms with van der Waals surface area (Å²) in [4.78, 5) is 16.3. The number of para-hydroxylation sites is 4. The van der Waals surface area contributed by atoms with Crippen molar-refractivity contribution in [3.63, 3.8) is 0 Å². The molecule has 0 spiro atoms. The molecule has 4 aromatic heterocycles. The Morgan fingerprint density at radius 2 is 0.794 bits per heavy atom. The predicted octanol–water partition coefficient (Wildman–Crippen LogP) is 14.6. The molecule has 0 bridgehead atoms. The molecule has 4 heterocycles. The first-order valence-corrected chi connectivity index (χ1v) is 21.2. The van der Waals surface area contributed by atoms with E-state index in [1.807, 2.05) is 18.2 Å². The van der Waals surface area contributed by atoms with Crippen molar-refractivity contribution in [2.75, 3.05) is 0 Å². The van der Waals surface area contributed by atoms with Crippen molar-refractivity contribution in [3.05, 3.63) is 212 Å². The summed E-state index contributed by atoms with van der Waals surface area (Å²) in [6.45, 7) is 0. The minimum Gasteiger partial charge on any atom is -0.456 e. The van der Waals surface area contributed by atoms with Crippen LogP contribution in [0.1, 0.15) is 0 Å². The molecule has 6 nitrogen and oxygen atoms in total. The van der Waals surface area contributed by atoms with Gasteiger partial charge in [0.1, 0.15) is 11.2 Å². The van der Waals surface area contributed by atoms with Crippen LogP contribution in [0.2, 0.25) is 0 Å². The molecule has 13 rings (SSSR count). The van der Waals surface area contributed by atoms with Crippen LogP contribution >= 0.6 is 0 Å². The van der Waals surface area contributed by atoms with Gasteiger partial charge in [0.15, 0.2) is 11.6 Å². The summed E-state index contributed by atoms with van der Waals surface area (Å²) in [6.07, 6.45) is 0. The summed E-state index contributed by atoms with van der Waals surface area (Å²) < 4.78 is 11.0. The molecule has 0 N–H and O–H groups in total. The molecule has 0 unspecified atom stereocenters. The average Bonchev–Trinajstić information content (AvgIpc) is 4.01. The fourth-order valence-electron chi connectivity index (χ4n) is 9.48. The van der Waals surface area contributed by atoms with E-state index in [4.69, 9.17) is 19.4 Å². The van der Waals surface area contributed by atoms with Crippen LogP contribution in [0.5, 0.6) is 0 Å². The zero-order valence-electron chi connectivity index (χ0n) is 33.9. The van der Waals surface area contributed by atoms with Crippen LogP contribution in [0.25, 0.3) is 122 Å². The van der Waals surface area contributed by atoms with Gasteiger partial charge in [-0.2, -0.15) is 9.97 Å². The van der Waals surface area contributed by atoms with Crippen LogP contribution in [0.4, 0.5) is 0 Å². The maximum Gasteiger partial charge on any atom is 0.238 e. The van der Waals surface area contributed by atoms with Crippen LogP contribution in [-0.2, 0) is 0 Å². The van der Waals surface area contributed by atoms with Crippen molar-refractivity contribution in [2.45, 2.75) is 0 Å². The molecule has 13 aromatic rings. The van der Waals surface area contributed by atoms with Crippen LogP contribution in [0.15, 0.2) is 217 Å². The normalized spacial score (nSPS) is 11.8. The van der Waals surface area contributed by atoms with Crippen LogP contribution in [0.3, 0.4) is 0 Å². The topological polar surface area (TPSA) is 61.7 Å². The molecule has 0 aliphatic rings. The van der Waals surface area contributed by atoms with Gasteiger partial charge in [-0.05, 0) is 76.9 Å². The first-order valence-electron chi connectivity index (χ1n) is 21.2. The Balaban J connectivity index is 1.13. The molecular weight excluding hydrogens is 771 g/mol. The molecule has 0 amide bonds. The van der Waals surface area contributed by atoms with E-state index < -0.39 is 0 Å². The van der Waals surface area contributed by atoms with E-state index in [1.165, 1.54) is 10.8 Å². The van der Waals surface area contributed by atoms with E-state index >= 15 is 0 Å². The number of furan rings is 1. The first-order chi connectivity index (χ1) is 31.2. The number of hydrogen-bond acceptors (Lipinski definition) is 4. The molecule has 0 saturated carbocycles. The zero-order valence-corrected chi connectivity index (χ0v) is 33.9. The number of aromatic nitrogens is 5. The van der Waals surface area contributed by atoms with E-state index in [0.717, 1.165) is 93.8 Å². The molecule has 0 saturated heterocycles. The molecule has 0 atom stereocenters. The molecule has 63 heavy (non-hydrogen) atoms. The Bertz CT molecular complexity index is 3860. The van der Waals surface area contributed by atoms with Gasteiger partial charge >= 0.3 is 0 Å². The van der Waals surface area contributed by atoms with Crippen molar-refractivity contribution < 1.29 is 4.42 Å². The number of nitrogens with zero attached hydrogens (tertiary/aromatic N) is 5. The Labute approximate surface area is 361 Å². The first kappa shape index (κ1) is 35.2. The molecule has 0 aliphatic carbocycles. The van der Waals surface area contributed by atoms with Crippen molar-refractivity contribution in [1.29, 1.82) is 0 Å². The summed E-state index contributed by atoms with van der Waals surface area (Å²) in [5.74, 6) is 1.63. The summed E-state index contributed by atoms with van der Waals surface area (Å²) in [6, 6.07) is 74.6. The fourth-order valence-corrected chi connectivity index (χ4v) is 9.48. The molecule has 0 fully saturated rings. The van der Waals surface area contributed by atoms with Crippen molar-refractivity contribution >= 4 is 65.6 Å². The maximum atomic E-state index is 6.42.